The van der Waals surface area contributed by atoms with E-state index in [2.05, 4.69) is 0 Å². The van der Waals surface area contributed by atoms with Crippen molar-refractivity contribution in [2.24, 2.45) is 0 Å². The predicted molar refractivity (Wildman–Crippen MR) is 74.5 cm³/mol. The van der Waals surface area contributed by atoms with E-state index in [9.17, 15) is 9.59 Å². The van der Waals surface area contributed by atoms with Crippen molar-refractivity contribution in [3.63, 3.8) is 0 Å². The summed E-state index contributed by atoms with van der Waals surface area (Å²) in [6, 6.07) is 7.10. The highest BCUT2D eigenvalue weighted by atomic mass is 16.6. The molecule has 1 aromatic carbocycles. The molecule has 0 N–H and O–H groups in total. The maximum Gasteiger partial charge on any atom is 0.341 e. The number of hydrogen-bond donors (Lipinski definition) is 0. The molecular formula is C15H18O5. The van der Waals surface area contributed by atoms with Gasteiger partial charge in [0.05, 0.1) is 13.7 Å². The standard InChI is InChI=1S/C15H18O5/c1-11(16)13(15(17)20-9-8-18-2)10-12-6-4-5-7-14(12)19-3/h4-7,10H,8-9H2,1-3H3. The van der Waals surface area contributed by atoms with Crippen molar-refractivity contribution in [3.8, 4) is 5.75 Å². The Balaban J connectivity index is 2.98. The van der Waals surface area contributed by atoms with Crippen molar-refractivity contribution in [1.29, 1.82) is 0 Å². The lowest BCUT2D eigenvalue weighted by Gasteiger charge is -2.07. The number of ether oxygens (including phenoxy) is 3. The first-order valence-corrected chi connectivity index (χ1v) is 6.12. The van der Waals surface area contributed by atoms with E-state index in [1.807, 2.05) is 0 Å². The molecule has 0 saturated heterocycles. The highest BCUT2D eigenvalue weighted by molar-refractivity contribution is 6.19. The number of esters is 1. The molecule has 0 fully saturated rings. The lowest BCUT2D eigenvalue weighted by atomic mass is 10.1. The van der Waals surface area contributed by atoms with Crippen LogP contribution in [0.2, 0.25) is 0 Å². The maximum atomic E-state index is 11.9. The molecule has 108 valence electrons. The molecule has 5 heteroatoms. The average molecular weight is 278 g/mol. The van der Waals surface area contributed by atoms with E-state index >= 15 is 0 Å². The Kier molecular flexibility index (Phi) is 6.46. The fourth-order valence-corrected chi connectivity index (χ4v) is 1.54. The number of para-hydroxylation sites is 1. The molecule has 0 spiro atoms. The van der Waals surface area contributed by atoms with Crippen LogP contribution in [0.15, 0.2) is 29.8 Å². The molecule has 1 rings (SSSR count). The molecule has 0 heterocycles. The number of benzene rings is 1. The summed E-state index contributed by atoms with van der Waals surface area (Å²) in [5, 5.41) is 0. The third-order valence-electron chi connectivity index (χ3n) is 2.56. The summed E-state index contributed by atoms with van der Waals surface area (Å²) >= 11 is 0. The van der Waals surface area contributed by atoms with Crippen LogP contribution < -0.4 is 4.74 Å². The van der Waals surface area contributed by atoms with Crippen molar-refractivity contribution in [2.75, 3.05) is 27.4 Å². The highest BCUT2D eigenvalue weighted by Crippen LogP contribution is 2.21. The van der Waals surface area contributed by atoms with E-state index in [4.69, 9.17) is 14.2 Å². The summed E-state index contributed by atoms with van der Waals surface area (Å²) in [5.74, 6) is -0.449. The van der Waals surface area contributed by atoms with Gasteiger partial charge in [0.25, 0.3) is 0 Å². The van der Waals surface area contributed by atoms with Crippen LogP contribution in [-0.2, 0) is 19.1 Å². The minimum atomic E-state index is -0.666. The molecule has 0 aliphatic heterocycles. The monoisotopic (exact) mass is 278 g/mol. The van der Waals surface area contributed by atoms with Gasteiger partial charge < -0.3 is 14.2 Å². The summed E-state index contributed by atoms with van der Waals surface area (Å²) in [4.78, 5) is 23.4. The highest BCUT2D eigenvalue weighted by Gasteiger charge is 2.16. The number of ketones is 1. The predicted octanol–water partition coefficient (Wildman–Crippen LogP) is 1.86. The van der Waals surface area contributed by atoms with Crippen LogP contribution in [0.1, 0.15) is 12.5 Å². The molecule has 0 radical (unpaired) electrons. The molecule has 0 aliphatic carbocycles. The van der Waals surface area contributed by atoms with Gasteiger partial charge in [0, 0.05) is 12.7 Å². The molecule has 20 heavy (non-hydrogen) atoms. The first-order valence-electron chi connectivity index (χ1n) is 6.12. The fourth-order valence-electron chi connectivity index (χ4n) is 1.54. The second-order valence-corrected chi connectivity index (χ2v) is 3.98. The number of carbonyl (C=O) groups excluding carboxylic acids is 2. The third-order valence-corrected chi connectivity index (χ3v) is 2.56. The van der Waals surface area contributed by atoms with Gasteiger partial charge in [0.1, 0.15) is 17.9 Å². The SMILES string of the molecule is COCCOC(=O)C(=Cc1ccccc1OC)C(C)=O. The topological polar surface area (TPSA) is 61.8 Å². The van der Waals surface area contributed by atoms with Gasteiger partial charge in [-0.05, 0) is 19.1 Å². The van der Waals surface area contributed by atoms with Gasteiger partial charge in [-0.2, -0.15) is 0 Å². The Morgan fingerprint density at radius 2 is 1.85 bits per heavy atom. The van der Waals surface area contributed by atoms with Crippen LogP contribution in [0.4, 0.5) is 0 Å². The minimum absolute atomic E-state index is 0.0226. The van der Waals surface area contributed by atoms with Gasteiger partial charge >= 0.3 is 5.97 Å². The van der Waals surface area contributed by atoms with E-state index in [1.54, 1.807) is 24.3 Å². The van der Waals surface area contributed by atoms with Crippen molar-refractivity contribution in [2.45, 2.75) is 6.92 Å². The first kappa shape index (κ1) is 15.9. The molecule has 0 atom stereocenters. The molecule has 0 saturated carbocycles. The quantitative estimate of drug-likeness (QED) is 0.250. The molecule has 5 nitrogen and oxygen atoms in total. The van der Waals surface area contributed by atoms with Crippen molar-refractivity contribution in [1.82, 2.24) is 0 Å². The molecule has 0 aromatic heterocycles. The summed E-state index contributed by atoms with van der Waals surface area (Å²) in [7, 11) is 3.03. The summed E-state index contributed by atoms with van der Waals surface area (Å²) in [5.41, 5.74) is 0.620. The van der Waals surface area contributed by atoms with Crippen LogP contribution in [0, 0.1) is 0 Å². The Morgan fingerprint density at radius 3 is 2.45 bits per heavy atom. The molecule has 0 amide bonds. The number of rotatable bonds is 7. The number of carbonyl (C=O) groups is 2. The van der Waals surface area contributed by atoms with Crippen molar-refractivity contribution >= 4 is 17.8 Å². The Bertz CT molecular complexity index is 505. The summed E-state index contributed by atoms with van der Waals surface area (Å²) in [6.45, 7) is 1.70. The zero-order valence-corrected chi connectivity index (χ0v) is 11.8. The third kappa shape index (κ3) is 4.51. The van der Waals surface area contributed by atoms with E-state index in [0.29, 0.717) is 11.3 Å². The Hall–Kier alpha value is -2.14. The van der Waals surface area contributed by atoms with Crippen LogP contribution in [0.5, 0.6) is 5.75 Å². The normalized spacial score (nSPS) is 11.1. The number of methoxy groups -OCH3 is 2. The largest absolute Gasteiger partial charge is 0.496 e. The van der Waals surface area contributed by atoms with Gasteiger partial charge in [-0.15, -0.1) is 0 Å². The Morgan fingerprint density at radius 1 is 1.15 bits per heavy atom. The van der Waals surface area contributed by atoms with Crippen LogP contribution in [0.3, 0.4) is 0 Å². The van der Waals surface area contributed by atoms with E-state index < -0.39 is 5.97 Å². The van der Waals surface area contributed by atoms with E-state index in [1.165, 1.54) is 27.2 Å². The van der Waals surface area contributed by atoms with E-state index in [0.717, 1.165) is 0 Å². The second kappa shape index (κ2) is 8.12. The molecule has 0 bridgehead atoms. The molecule has 0 unspecified atom stereocenters. The Labute approximate surface area is 118 Å². The fraction of sp³-hybridized carbons (Fsp3) is 0.333. The van der Waals surface area contributed by atoms with E-state index in [-0.39, 0.29) is 24.6 Å². The van der Waals surface area contributed by atoms with Gasteiger partial charge in [0.15, 0.2) is 5.78 Å². The molecular weight excluding hydrogens is 260 g/mol. The summed E-state index contributed by atoms with van der Waals surface area (Å²) in [6.07, 6.45) is 1.47. The zero-order valence-electron chi connectivity index (χ0n) is 11.8. The number of hydrogen-bond acceptors (Lipinski definition) is 5. The van der Waals surface area contributed by atoms with Crippen LogP contribution >= 0.6 is 0 Å². The van der Waals surface area contributed by atoms with Crippen molar-refractivity contribution < 1.29 is 23.8 Å². The maximum absolute atomic E-state index is 11.9. The van der Waals surface area contributed by atoms with Gasteiger partial charge in [-0.3, -0.25) is 4.79 Å². The zero-order chi connectivity index (χ0) is 15.0. The van der Waals surface area contributed by atoms with Crippen LogP contribution in [-0.4, -0.2) is 39.2 Å². The average Bonchev–Trinajstić information content (AvgIpc) is 2.44. The van der Waals surface area contributed by atoms with Gasteiger partial charge in [-0.25, -0.2) is 4.79 Å². The van der Waals surface area contributed by atoms with Crippen molar-refractivity contribution in [3.05, 3.63) is 35.4 Å². The smallest absolute Gasteiger partial charge is 0.341 e. The summed E-state index contributed by atoms with van der Waals surface area (Å²) < 4.78 is 14.9. The molecule has 0 aliphatic rings. The second-order valence-electron chi connectivity index (χ2n) is 3.98. The molecule has 1 aromatic rings. The minimum Gasteiger partial charge on any atom is -0.496 e. The lowest BCUT2D eigenvalue weighted by Crippen LogP contribution is -2.16. The van der Waals surface area contributed by atoms with Crippen LogP contribution in [0.25, 0.3) is 6.08 Å². The number of Topliss-reactive ketones (excluding diaryl/α,β-unsaturated/α-hetero) is 1. The lowest BCUT2D eigenvalue weighted by molar-refractivity contribution is -0.141. The first-order chi connectivity index (χ1) is 9.60. The van der Waals surface area contributed by atoms with Gasteiger partial charge in [-0.1, -0.05) is 18.2 Å². The van der Waals surface area contributed by atoms with Gasteiger partial charge in [0.2, 0.25) is 0 Å².